The van der Waals surface area contributed by atoms with Gasteiger partial charge >= 0.3 is 5.97 Å². The fraction of sp³-hybridized carbons (Fsp3) is 0.379. The molecule has 7 nitrogen and oxygen atoms in total. The number of rotatable bonds is 10. The van der Waals surface area contributed by atoms with Gasteiger partial charge < -0.3 is 14.6 Å². The van der Waals surface area contributed by atoms with Crippen LogP contribution in [-0.4, -0.2) is 43.1 Å². The van der Waals surface area contributed by atoms with Crippen molar-refractivity contribution in [2.24, 2.45) is 11.8 Å². The maximum absolute atomic E-state index is 11.3. The van der Waals surface area contributed by atoms with Crippen LogP contribution in [0.25, 0.3) is 11.1 Å². The zero-order valence-electron chi connectivity index (χ0n) is 21.2. The van der Waals surface area contributed by atoms with Crippen molar-refractivity contribution in [1.29, 1.82) is 0 Å². The molecule has 0 saturated heterocycles. The summed E-state index contributed by atoms with van der Waals surface area (Å²) in [5.41, 5.74) is 7.35. The van der Waals surface area contributed by atoms with E-state index in [1.165, 1.54) is 11.8 Å². The first-order chi connectivity index (χ1) is 17.6. The molecule has 0 aliphatic heterocycles. The van der Waals surface area contributed by atoms with Crippen LogP contribution in [0.5, 0.6) is 11.6 Å². The van der Waals surface area contributed by atoms with Crippen LogP contribution < -0.4 is 9.47 Å². The fourth-order valence-electron chi connectivity index (χ4n) is 5.60. The lowest BCUT2D eigenvalue weighted by Crippen LogP contribution is -2.09. The van der Waals surface area contributed by atoms with Gasteiger partial charge in [0, 0.05) is 29.5 Å². The van der Waals surface area contributed by atoms with Gasteiger partial charge in [-0.05, 0) is 78.6 Å². The molecule has 37 heavy (non-hydrogen) atoms. The molecule has 1 heterocycles. The zero-order chi connectivity index (χ0) is 26.3. The highest BCUT2D eigenvalue weighted by molar-refractivity contribution is 7.90. The number of sulfone groups is 1. The molecule has 3 atom stereocenters. The van der Waals surface area contributed by atoms with E-state index in [9.17, 15) is 18.3 Å². The van der Waals surface area contributed by atoms with Crippen LogP contribution in [0, 0.1) is 25.7 Å². The predicted molar refractivity (Wildman–Crippen MR) is 141 cm³/mol. The first kappa shape index (κ1) is 25.3. The van der Waals surface area contributed by atoms with E-state index in [0.29, 0.717) is 25.5 Å². The summed E-state index contributed by atoms with van der Waals surface area (Å²) in [4.78, 5) is 15.9. The third-order valence-electron chi connectivity index (χ3n) is 7.29. The maximum Gasteiger partial charge on any atom is 0.307 e. The Kier molecular flexibility index (Phi) is 6.70. The molecule has 1 N–H and O–H groups in total. The minimum Gasteiger partial charge on any atom is -0.489 e. The molecule has 3 aromatic rings. The SMILES string of the molecule is Cc1cc(OCCCS(C)(=O)=O)nc(C)c1-c1cccc(COc2ccc3c(c2)C[C@@H]2C3[C@H]2C(=O)O)c1. The molecule has 1 fully saturated rings. The van der Waals surface area contributed by atoms with Gasteiger partial charge in [0.25, 0.3) is 0 Å². The van der Waals surface area contributed by atoms with E-state index in [1.54, 1.807) is 0 Å². The number of aromatic nitrogens is 1. The minimum atomic E-state index is -3.00. The lowest BCUT2D eigenvalue weighted by molar-refractivity contribution is -0.139. The van der Waals surface area contributed by atoms with Crippen molar-refractivity contribution in [1.82, 2.24) is 4.98 Å². The van der Waals surface area contributed by atoms with Crippen molar-refractivity contribution >= 4 is 15.8 Å². The Morgan fingerprint density at radius 2 is 1.92 bits per heavy atom. The summed E-state index contributed by atoms with van der Waals surface area (Å²) in [6.45, 7) is 4.68. The molecule has 0 radical (unpaired) electrons. The Labute approximate surface area is 217 Å². The first-order valence-corrected chi connectivity index (χ1v) is 14.5. The highest BCUT2D eigenvalue weighted by Crippen LogP contribution is 2.61. The Morgan fingerprint density at radius 1 is 1.11 bits per heavy atom. The lowest BCUT2D eigenvalue weighted by atomic mass is 9.98. The van der Waals surface area contributed by atoms with Gasteiger partial charge in [-0.15, -0.1) is 0 Å². The summed E-state index contributed by atoms with van der Waals surface area (Å²) in [6, 6.07) is 16.1. The van der Waals surface area contributed by atoms with Gasteiger partial charge in [-0.1, -0.05) is 24.3 Å². The normalized spacial score (nSPS) is 19.7. The lowest BCUT2D eigenvalue weighted by Gasteiger charge is -2.14. The van der Waals surface area contributed by atoms with Gasteiger partial charge in [0.15, 0.2) is 0 Å². The predicted octanol–water partition coefficient (Wildman–Crippen LogP) is 4.73. The Hall–Kier alpha value is -3.39. The molecule has 2 aliphatic rings. The highest BCUT2D eigenvalue weighted by Gasteiger charge is 2.59. The summed E-state index contributed by atoms with van der Waals surface area (Å²) < 4.78 is 34.4. The molecule has 2 aliphatic carbocycles. The molecule has 1 unspecified atom stereocenters. The summed E-state index contributed by atoms with van der Waals surface area (Å²) in [5, 5.41) is 9.32. The van der Waals surface area contributed by atoms with E-state index in [4.69, 9.17) is 9.47 Å². The number of carboxylic acid groups (broad SMARTS) is 1. The molecule has 0 amide bonds. The quantitative estimate of drug-likeness (QED) is 0.385. The van der Waals surface area contributed by atoms with Gasteiger partial charge in [0.05, 0.1) is 18.3 Å². The summed E-state index contributed by atoms with van der Waals surface area (Å²) in [6.07, 6.45) is 2.46. The standard InChI is InChI=1S/C29H31NO6S/c1-17-12-25(35-10-5-11-37(3,33)34)30-18(2)26(17)20-7-4-6-19(13-20)16-36-22-8-9-23-21(14-22)15-24-27(23)28(24)29(31)32/h4,6-9,12-14,24,27-28H,5,10-11,15-16H2,1-3H3,(H,31,32)/t24-,27?,28+/m1/s1. The molecule has 1 aromatic heterocycles. The number of benzene rings is 2. The van der Waals surface area contributed by atoms with Gasteiger partial charge in [0.1, 0.15) is 22.2 Å². The first-order valence-electron chi connectivity index (χ1n) is 12.5. The second kappa shape index (κ2) is 9.82. The summed E-state index contributed by atoms with van der Waals surface area (Å²) in [7, 11) is -3.00. The van der Waals surface area contributed by atoms with Crippen molar-refractivity contribution in [3.05, 3.63) is 76.5 Å². The number of nitrogens with zero attached hydrogens (tertiary/aromatic N) is 1. The highest BCUT2D eigenvalue weighted by atomic mass is 32.2. The van der Waals surface area contributed by atoms with E-state index in [2.05, 4.69) is 17.1 Å². The number of hydrogen-bond donors (Lipinski definition) is 1. The van der Waals surface area contributed by atoms with Crippen molar-refractivity contribution in [2.75, 3.05) is 18.6 Å². The van der Waals surface area contributed by atoms with Gasteiger partial charge in [-0.3, -0.25) is 4.79 Å². The number of pyridine rings is 1. The van der Waals surface area contributed by atoms with Crippen LogP contribution >= 0.6 is 0 Å². The Bertz CT molecular complexity index is 1440. The number of aliphatic carboxylic acids is 1. The van der Waals surface area contributed by atoms with E-state index in [1.807, 2.05) is 50.2 Å². The van der Waals surface area contributed by atoms with Crippen LogP contribution in [0.4, 0.5) is 0 Å². The van der Waals surface area contributed by atoms with E-state index < -0.39 is 15.8 Å². The topological polar surface area (TPSA) is 103 Å². The van der Waals surface area contributed by atoms with Crippen LogP contribution in [0.15, 0.2) is 48.5 Å². The average Bonchev–Trinajstić information content (AvgIpc) is 3.42. The maximum atomic E-state index is 11.3. The van der Waals surface area contributed by atoms with Crippen LogP contribution in [0.2, 0.25) is 0 Å². The van der Waals surface area contributed by atoms with Crippen LogP contribution in [0.1, 0.15) is 40.3 Å². The summed E-state index contributed by atoms with van der Waals surface area (Å²) in [5.74, 6) is 0.887. The van der Waals surface area contributed by atoms with Crippen molar-refractivity contribution in [2.45, 2.75) is 39.2 Å². The van der Waals surface area contributed by atoms with Crippen LogP contribution in [0.3, 0.4) is 0 Å². The molecular weight excluding hydrogens is 490 g/mol. The Morgan fingerprint density at radius 3 is 2.65 bits per heavy atom. The average molecular weight is 522 g/mol. The minimum absolute atomic E-state index is 0.0929. The second-order valence-corrected chi connectivity index (χ2v) is 12.4. The van der Waals surface area contributed by atoms with Crippen LogP contribution in [-0.2, 0) is 27.7 Å². The number of aryl methyl sites for hydroxylation is 2. The van der Waals surface area contributed by atoms with Crippen molar-refractivity contribution in [3.63, 3.8) is 0 Å². The largest absolute Gasteiger partial charge is 0.489 e. The molecule has 5 rings (SSSR count). The zero-order valence-corrected chi connectivity index (χ0v) is 22.0. The molecule has 194 valence electrons. The Balaban J connectivity index is 1.23. The second-order valence-electron chi connectivity index (χ2n) is 10.2. The van der Waals surface area contributed by atoms with E-state index in [0.717, 1.165) is 45.7 Å². The van der Waals surface area contributed by atoms with Crippen molar-refractivity contribution in [3.8, 4) is 22.8 Å². The van der Waals surface area contributed by atoms with Gasteiger partial charge in [-0.2, -0.15) is 0 Å². The smallest absolute Gasteiger partial charge is 0.307 e. The number of hydrogen-bond acceptors (Lipinski definition) is 6. The monoisotopic (exact) mass is 521 g/mol. The van der Waals surface area contributed by atoms with Crippen molar-refractivity contribution < 1.29 is 27.8 Å². The summed E-state index contributed by atoms with van der Waals surface area (Å²) >= 11 is 0. The van der Waals surface area contributed by atoms with E-state index in [-0.39, 0.29) is 23.5 Å². The number of fused-ring (bicyclic) bond motifs is 3. The van der Waals surface area contributed by atoms with Gasteiger partial charge in [-0.25, -0.2) is 13.4 Å². The molecule has 1 saturated carbocycles. The number of carboxylic acids is 1. The molecular formula is C29H31NO6S. The number of ether oxygens (including phenoxy) is 2. The molecule has 2 aromatic carbocycles. The molecule has 8 heteroatoms. The third-order valence-corrected chi connectivity index (χ3v) is 8.32. The molecule has 0 bridgehead atoms. The number of carbonyl (C=O) groups is 1. The van der Waals surface area contributed by atoms with Gasteiger partial charge in [0.2, 0.25) is 5.88 Å². The van der Waals surface area contributed by atoms with E-state index >= 15 is 0 Å². The molecule has 0 spiro atoms. The third kappa shape index (κ3) is 5.49. The fourth-order valence-corrected chi connectivity index (χ4v) is 6.25.